The fourth-order valence-electron chi connectivity index (χ4n) is 2.58. The molecule has 0 fully saturated rings. The highest BCUT2D eigenvalue weighted by atomic mass is 16.1. The molecule has 1 amide bonds. The number of rotatable bonds is 9. The fraction of sp³-hybridized carbons (Fsp3) is 0.450. The van der Waals surface area contributed by atoms with Crippen LogP contribution in [0.15, 0.2) is 36.4 Å². The quantitative estimate of drug-likeness (QED) is 0.715. The van der Waals surface area contributed by atoms with Gasteiger partial charge in [0.25, 0.3) is 5.91 Å². The molecule has 0 spiro atoms. The second kappa shape index (κ2) is 9.75. The minimum atomic E-state index is -0.187. The molecule has 1 heterocycles. The first kappa shape index (κ1) is 19.7. The van der Waals surface area contributed by atoms with Crippen LogP contribution in [0.4, 0.5) is 17.2 Å². The summed E-state index contributed by atoms with van der Waals surface area (Å²) in [4.78, 5) is 14.3. The second-order valence-corrected chi connectivity index (χ2v) is 6.59. The van der Waals surface area contributed by atoms with Gasteiger partial charge in [-0.2, -0.15) is 0 Å². The molecule has 2 N–H and O–H groups in total. The van der Waals surface area contributed by atoms with E-state index in [1.54, 1.807) is 12.1 Å². The van der Waals surface area contributed by atoms with E-state index in [0.717, 1.165) is 25.2 Å². The van der Waals surface area contributed by atoms with Gasteiger partial charge in [0.05, 0.1) is 0 Å². The van der Waals surface area contributed by atoms with Crippen LogP contribution >= 0.6 is 0 Å². The molecule has 1 aromatic carbocycles. The van der Waals surface area contributed by atoms with Crippen LogP contribution in [0.1, 0.15) is 44.6 Å². The molecule has 0 saturated carbocycles. The lowest BCUT2D eigenvalue weighted by Crippen LogP contribution is -2.26. The van der Waals surface area contributed by atoms with E-state index < -0.39 is 0 Å². The number of hydrogen-bond acceptors (Lipinski definition) is 5. The highest BCUT2D eigenvalue weighted by Crippen LogP contribution is 2.20. The Bertz CT molecular complexity index is 678. The first-order valence-corrected chi connectivity index (χ1v) is 9.27. The number of anilines is 3. The second-order valence-electron chi connectivity index (χ2n) is 6.59. The summed E-state index contributed by atoms with van der Waals surface area (Å²) >= 11 is 0. The molecular weight excluding hydrogens is 326 g/mol. The first-order chi connectivity index (χ1) is 12.5. The SMILES string of the molecule is CCN(CC)c1ccc(Nc2ccc(C(=O)NCCC(C)C)nn2)cc1. The average Bonchev–Trinajstić information content (AvgIpc) is 2.64. The summed E-state index contributed by atoms with van der Waals surface area (Å²) in [6.45, 7) is 11.2. The van der Waals surface area contributed by atoms with Crippen molar-refractivity contribution in [3.63, 3.8) is 0 Å². The standard InChI is InChI=1S/C20H29N5O/c1-5-25(6-2)17-9-7-16(8-10-17)22-19-12-11-18(23-24-19)20(26)21-14-13-15(3)4/h7-12,15H,5-6,13-14H2,1-4H3,(H,21,26)(H,22,24). The number of hydrogen-bond donors (Lipinski definition) is 2. The molecule has 0 aliphatic heterocycles. The highest BCUT2D eigenvalue weighted by Gasteiger charge is 2.08. The Morgan fingerprint density at radius 1 is 1.04 bits per heavy atom. The van der Waals surface area contributed by atoms with E-state index in [4.69, 9.17) is 0 Å². The topological polar surface area (TPSA) is 70.2 Å². The van der Waals surface area contributed by atoms with Gasteiger partial charge in [0, 0.05) is 31.0 Å². The maximum absolute atomic E-state index is 12.0. The molecule has 6 nitrogen and oxygen atoms in total. The highest BCUT2D eigenvalue weighted by molar-refractivity contribution is 5.92. The van der Waals surface area contributed by atoms with E-state index in [9.17, 15) is 4.79 Å². The predicted octanol–water partition coefficient (Wildman–Crippen LogP) is 3.84. The number of carbonyl (C=O) groups excluding carboxylic acids is 1. The van der Waals surface area contributed by atoms with E-state index in [1.165, 1.54) is 5.69 Å². The molecular formula is C20H29N5O. The van der Waals surface area contributed by atoms with Crippen molar-refractivity contribution in [2.45, 2.75) is 34.1 Å². The van der Waals surface area contributed by atoms with Crippen molar-refractivity contribution in [3.8, 4) is 0 Å². The predicted molar refractivity (Wildman–Crippen MR) is 107 cm³/mol. The van der Waals surface area contributed by atoms with Gasteiger partial charge in [-0.05, 0) is 62.6 Å². The Hall–Kier alpha value is -2.63. The Morgan fingerprint density at radius 3 is 2.27 bits per heavy atom. The van der Waals surface area contributed by atoms with Crippen LogP contribution in [0.2, 0.25) is 0 Å². The van der Waals surface area contributed by atoms with Crippen molar-refractivity contribution < 1.29 is 4.79 Å². The van der Waals surface area contributed by atoms with Crippen LogP contribution in [0.25, 0.3) is 0 Å². The first-order valence-electron chi connectivity index (χ1n) is 9.27. The van der Waals surface area contributed by atoms with Crippen LogP contribution in [0.3, 0.4) is 0 Å². The van der Waals surface area contributed by atoms with Gasteiger partial charge in [0.15, 0.2) is 11.5 Å². The Labute approximate surface area is 156 Å². The van der Waals surface area contributed by atoms with E-state index >= 15 is 0 Å². The minimum absolute atomic E-state index is 0.187. The third kappa shape index (κ3) is 5.72. The van der Waals surface area contributed by atoms with E-state index in [0.29, 0.717) is 24.0 Å². The maximum atomic E-state index is 12.0. The number of aromatic nitrogens is 2. The molecule has 0 unspecified atom stereocenters. The molecule has 2 rings (SSSR count). The van der Waals surface area contributed by atoms with Crippen molar-refractivity contribution in [1.29, 1.82) is 0 Å². The van der Waals surface area contributed by atoms with E-state index in [1.807, 2.05) is 12.1 Å². The largest absolute Gasteiger partial charge is 0.372 e. The van der Waals surface area contributed by atoms with Gasteiger partial charge in [0.2, 0.25) is 0 Å². The molecule has 0 radical (unpaired) electrons. The van der Waals surface area contributed by atoms with Gasteiger partial charge < -0.3 is 15.5 Å². The van der Waals surface area contributed by atoms with Crippen molar-refractivity contribution in [3.05, 3.63) is 42.1 Å². The van der Waals surface area contributed by atoms with E-state index in [-0.39, 0.29) is 5.91 Å². The lowest BCUT2D eigenvalue weighted by Gasteiger charge is -2.21. The monoisotopic (exact) mass is 355 g/mol. The van der Waals surface area contributed by atoms with Crippen LogP contribution in [-0.2, 0) is 0 Å². The lowest BCUT2D eigenvalue weighted by atomic mass is 10.1. The van der Waals surface area contributed by atoms with Crippen molar-refractivity contribution in [2.24, 2.45) is 5.92 Å². The number of nitrogens with one attached hydrogen (secondary N) is 2. The average molecular weight is 355 g/mol. The van der Waals surface area contributed by atoms with Crippen molar-refractivity contribution in [2.75, 3.05) is 29.9 Å². The zero-order chi connectivity index (χ0) is 18.9. The van der Waals surface area contributed by atoms with Gasteiger partial charge in [-0.25, -0.2) is 0 Å². The smallest absolute Gasteiger partial charge is 0.271 e. The summed E-state index contributed by atoms with van der Waals surface area (Å²) in [6, 6.07) is 11.6. The van der Waals surface area contributed by atoms with Gasteiger partial charge >= 0.3 is 0 Å². The Kier molecular flexibility index (Phi) is 7.38. The molecule has 1 aromatic heterocycles. The summed E-state index contributed by atoms with van der Waals surface area (Å²) < 4.78 is 0. The summed E-state index contributed by atoms with van der Waals surface area (Å²) in [5, 5.41) is 14.2. The van der Waals surface area contributed by atoms with Crippen LogP contribution in [0.5, 0.6) is 0 Å². The third-order valence-corrected chi connectivity index (χ3v) is 4.17. The molecule has 6 heteroatoms. The van der Waals surface area contributed by atoms with Gasteiger partial charge in [-0.3, -0.25) is 4.79 Å². The number of nitrogens with zero attached hydrogens (tertiary/aromatic N) is 3. The molecule has 0 saturated heterocycles. The summed E-state index contributed by atoms with van der Waals surface area (Å²) in [6.07, 6.45) is 0.947. The van der Waals surface area contributed by atoms with Gasteiger partial charge in [-0.1, -0.05) is 13.8 Å². The number of carbonyl (C=O) groups is 1. The Morgan fingerprint density at radius 2 is 1.73 bits per heavy atom. The maximum Gasteiger partial charge on any atom is 0.271 e. The van der Waals surface area contributed by atoms with Gasteiger partial charge in [0.1, 0.15) is 0 Å². The van der Waals surface area contributed by atoms with Gasteiger partial charge in [-0.15, -0.1) is 10.2 Å². The number of benzene rings is 1. The zero-order valence-corrected chi connectivity index (χ0v) is 16.1. The summed E-state index contributed by atoms with van der Waals surface area (Å²) in [5.74, 6) is 0.980. The normalized spacial score (nSPS) is 10.7. The molecule has 2 aromatic rings. The molecule has 140 valence electrons. The molecule has 0 bridgehead atoms. The summed E-state index contributed by atoms with van der Waals surface area (Å²) in [5.41, 5.74) is 2.46. The van der Waals surface area contributed by atoms with Crippen LogP contribution < -0.4 is 15.5 Å². The van der Waals surface area contributed by atoms with E-state index in [2.05, 4.69) is 65.6 Å². The number of amides is 1. The van der Waals surface area contributed by atoms with Crippen molar-refractivity contribution in [1.82, 2.24) is 15.5 Å². The molecule has 0 aliphatic carbocycles. The molecule has 0 aliphatic rings. The zero-order valence-electron chi connectivity index (χ0n) is 16.1. The lowest BCUT2D eigenvalue weighted by molar-refractivity contribution is 0.0946. The van der Waals surface area contributed by atoms with Crippen LogP contribution in [0, 0.1) is 5.92 Å². The minimum Gasteiger partial charge on any atom is -0.372 e. The molecule has 26 heavy (non-hydrogen) atoms. The Balaban J connectivity index is 1.93. The molecule has 0 atom stereocenters. The fourth-order valence-corrected chi connectivity index (χ4v) is 2.58. The summed E-state index contributed by atoms with van der Waals surface area (Å²) in [7, 11) is 0. The van der Waals surface area contributed by atoms with Crippen molar-refractivity contribution >= 4 is 23.1 Å². The van der Waals surface area contributed by atoms with Crippen LogP contribution in [-0.4, -0.2) is 35.7 Å². The third-order valence-electron chi connectivity index (χ3n) is 4.17.